The first-order valence-electron chi connectivity index (χ1n) is 8.57. The predicted octanol–water partition coefficient (Wildman–Crippen LogP) is 5.61. The summed E-state index contributed by atoms with van der Waals surface area (Å²) in [5.74, 6) is 0.982. The summed E-state index contributed by atoms with van der Waals surface area (Å²) in [6.07, 6.45) is 2.01. The first kappa shape index (κ1) is 17.6. The summed E-state index contributed by atoms with van der Waals surface area (Å²) in [5.41, 5.74) is 4.81. The largest absolute Gasteiger partial charge is 0.493 e. The van der Waals surface area contributed by atoms with Crippen LogP contribution in [0.3, 0.4) is 0 Å². The lowest BCUT2D eigenvalue weighted by atomic mass is 9.95. The molecule has 0 aliphatic carbocycles. The van der Waals surface area contributed by atoms with Gasteiger partial charge in [0.2, 0.25) is 0 Å². The van der Waals surface area contributed by atoms with E-state index in [0.29, 0.717) is 0 Å². The minimum Gasteiger partial charge on any atom is -0.493 e. The highest BCUT2D eigenvalue weighted by Gasteiger charge is 2.18. The number of hydrogen-bond acceptors (Lipinski definition) is 2. The van der Waals surface area contributed by atoms with Gasteiger partial charge in [-0.25, -0.2) is 0 Å². The van der Waals surface area contributed by atoms with E-state index < -0.39 is 0 Å². The summed E-state index contributed by atoms with van der Waals surface area (Å²) in [5, 5.41) is 0. The van der Waals surface area contributed by atoms with Crippen molar-refractivity contribution < 1.29 is 9.47 Å². The van der Waals surface area contributed by atoms with Gasteiger partial charge >= 0.3 is 0 Å². The maximum Gasteiger partial charge on any atom is 0.122 e. The highest BCUT2D eigenvalue weighted by Crippen LogP contribution is 2.33. The lowest BCUT2D eigenvalue weighted by Crippen LogP contribution is -2.10. The molecule has 1 atom stereocenters. The highest BCUT2D eigenvalue weighted by molar-refractivity contribution is 5.45. The molecule has 2 aromatic rings. The third kappa shape index (κ3) is 4.59. The van der Waals surface area contributed by atoms with Gasteiger partial charge in [-0.15, -0.1) is 0 Å². The van der Waals surface area contributed by atoms with Gasteiger partial charge in [-0.05, 0) is 61.1 Å². The van der Waals surface area contributed by atoms with E-state index >= 15 is 0 Å². The van der Waals surface area contributed by atoms with Crippen molar-refractivity contribution in [3.8, 4) is 5.75 Å². The number of benzene rings is 2. The Morgan fingerprint density at radius 3 is 2.22 bits per heavy atom. The van der Waals surface area contributed by atoms with Crippen LogP contribution in [0.15, 0.2) is 42.5 Å². The Morgan fingerprint density at radius 2 is 1.57 bits per heavy atom. The summed E-state index contributed by atoms with van der Waals surface area (Å²) < 4.78 is 12.0. The van der Waals surface area contributed by atoms with Crippen LogP contribution in [0.5, 0.6) is 5.75 Å². The molecule has 0 aromatic heterocycles. The molecule has 0 N–H and O–H groups in total. The monoisotopic (exact) mass is 312 g/mol. The third-order valence-corrected chi connectivity index (χ3v) is 3.90. The van der Waals surface area contributed by atoms with Crippen molar-refractivity contribution in [2.75, 3.05) is 13.2 Å². The Morgan fingerprint density at radius 1 is 0.870 bits per heavy atom. The van der Waals surface area contributed by atoms with Crippen LogP contribution in [-0.2, 0) is 4.74 Å². The smallest absolute Gasteiger partial charge is 0.122 e. The zero-order valence-electron chi connectivity index (χ0n) is 14.8. The molecule has 1 unspecified atom stereocenters. The second-order valence-corrected chi connectivity index (χ2v) is 5.98. The minimum atomic E-state index is -0.0184. The Kier molecular flexibility index (Phi) is 6.66. The van der Waals surface area contributed by atoms with Gasteiger partial charge in [-0.3, -0.25) is 0 Å². The summed E-state index contributed by atoms with van der Waals surface area (Å²) in [6, 6.07) is 14.8. The Bertz CT molecular complexity index is 605. The molecule has 2 aromatic carbocycles. The Balaban J connectivity index is 2.36. The van der Waals surface area contributed by atoms with Gasteiger partial charge in [0.25, 0.3) is 0 Å². The molecule has 2 rings (SSSR count). The average Bonchev–Trinajstić information content (AvgIpc) is 2.57. The van der Waals surface area contributed by atoms with Crippen LogP contribution in [0.25, 0.3) is 0 Å². The minimum absolute atomic E-state index is 0.0184. The van der Waals surface area contributed by atoms with Crippen molar-refractivity contribution in [2.45, 2.75) is 46.6 Å². The number of rotatable bonds is 8. The third-order valence-electron chi connectivity index (χ3n) is 3.90. The molecule has 0 spiro atoms. The highest BCUT2D eigenvalue weighted by atomic mass is 16.5. The molecule has 0 bridgehead atoms. The summed E-state index contributed by atoms with van der Waals surface area (Å²) in [6.45, 7) is 10.0. The van der Waals surface area contributed by atoms with E-state index in [4.69, 9.17) is 9.47 Å². The van der Waals surface area contributed by atoms with Crippen LogP contribution in [0.4, 0.5) is 0 Å². The van der Waals surface area contributed by atoms with E-state index in [1.807, 2.05) is 6.07 Å². The van der Waals surface area contributed by atoms with Crippen LogP contribution in [0.1, 0.15) is 55.0 Å². The summed E-state index contributed by atoms with van der Waals surface area (Å²) >= 11 is 0. The van der Waals surface area contributed by atoms with E-state index in [1.165, 1.54) is 22.3 Å². The van der Waals surface area contributed by atoms with E-state index in [2.05, 4.69) is 64.1 Å². The molecular formula is C21H28O2. The Labute approximate surface area is 140 Å². The molecule has 2 heteroatoms. The molecule has 0 fully saturated rings. The molecular weight excluding hydrogens is 284 g/mol. The number of ether oxygens (including phenoxy) is 2. The standard InChI is InChI=1S/C21H28O2/c1-5-12-22-20-15-16(3)19(14-17(20)4)21(23-13-6-2)18-10-8-7-9-11-18/h7-11,14-15,21H,5-6,12-13H2,1-4H3. The van der Waals surface area contributed by atoms with Crippen LogP contribution in [-0.4, -0.2) is 13.2 Å². The first-order chi connectivity index (χ1) is 11.2. The fourth-order valence-electron chi connectivity index (χ4n) is 2.69. The zero-order valence-corrected chi connectivity index (χ0v) is 14.8. The molecule has 0 saturated heterocycles. The van der Waals surface area contributed by atoms with Gasteiger partial charge in [-0.1, -0.05) is 44.2 Å². The summed E-state index contributed by atoms with van der Waals surface area (Å²) in [4.78, 5) is 0. The zero-order chi connectivity index (χ0) is 16.7. The molecule has 23 heavy (non-hydrogen) atoms. The van der Waals surface area contributed by atoms with Crippen molar-refractivity contribution in [1.82, 2.24) is 0 Å². The number of aryl methyl sites for hydroxylation is 2. The van der Waals surface area contributed by atoms with Crippen molar-refractivity contribution in [3.05, 3.63) is 64.7 Å². The average molecular weight is 312 g/mol. The van der Waals surface area contributed by atoms with Gasteiger partial charge < -0.3 is 9.47 Å². The summed E-state index contributed by atoms with van der Waals surface area (Å²) in [7, 11) is 0. The van der Waals surface area contributed by atoms with Crippen molar-refractivity contribution >= 4 is 0 Å². The SMILES string of the molecule is CCCOc1cc(C)c(C(OCCC)c2ccccc2)cc1C. The maximum atomic E-state index is 6.18. The van der Waals surface area contributed by atoms with Gasteiger partial charge in [0.1, 0.15) is 11.9 Å². The van der Waals surface area contributed by atoms with Gasteiger partial charge in [0.15, 0.2) is 0 Å². The lowest BCUT2D eigenvalue weighted by molar-refractivity contribution is 0.0801. The van der Waals surface area contributed by atoms with E-state index in [-0.39, 0.29) is 6.10 Å². The second-order valence-electron chi connectivity index (χ2n) is 5.98. The van der Waals surface area contributed by atoms with Crippen LogP contribution < -0.4 is 4.74 Å². The van der Waals surface area contributed by atoms with Crippen LogP contribution in [0, 0.1) is 13.8 Å². The number of hydrogen-bond donors (Lipinski definition) is 0. The van der Waals surface area contributed by atoms with Gasteiger partial charge in [-0.2, -0.15) is 0 Å². The van der Waals surface area contributed by atoms with E-state index in [1.54, 1.807) is 0 Å². The molecule has 0 radical (unpaired) electrons. The molecule has 0 saturated carbocycles. The second kappa shape index (κ2) is 8.73. The molecule has 2 nitrogen and oxygen atoms in total. The topological polar surface area (TPSA) is 18.5 Å². The maximum absolute atomic E-state index is 6.18. The molecule has 0 aliphatic heterocycles. The molecule has 0 aliphatic rings. The molecule has 124 valence electrons. The van der Waals surface area contributed by atoms with Crippen molar-refractivity contribution in [3.63, 3.8) is 0 Å². The fourth-order valence-corrected chi connectivity index (χ4v) is 2.69. The van der Waals surface area contributed by atoms with Gasteiger partial charge in [0, 0.05) is 6.61 Å². The fraction of sp³-hybridized carbons (Fsp3) is 0.429. The van der Waals surface area contributed by atoms with Crippen molar-refractivity contribution in [2.24, 2.45) is 0 Å². The lowest BCUT2D eigenvalue weighted by Gasteiger charge is -2.22. The van der Waals surface area contributed by atoms with Crippen molar-refractivity contribution in [1.29, 1.82) is 0 Å². The normalized spacial score (nSPS) is 12.2. The first-order valence-corrected chi connectivity index (χ1v) is 8.57. The quantitative estimate of drug-likeness (QED) is 0.631. The van der Waals surface area contributed by atoms with Crippen LogP contribution >= 0.6 is 0 Å². The molecule has 0 amide bonds. The predicted molar refractivity (Wildman–Crippen MR) is 96.2 cm³/mol. The van der Waals surface area contributed by atoms with Gasteiger partial charge in [0.05, 0.1) is 6.61 Å². The molecule has 0 heterocycles. The van der Waals surface area contributed by atoms with Crippen LogP contribution in [0.2, 0.25) is 0 Å². The van der Waals surface area contributed by atoms with E-state index in [9.17, 15) is 0 Å². The van der Waals surface area contributed by atoms with E-state index in [0.717, 1.165) is 31.8 Å². The Hall–Kier alpha value is -1.80.